The molecule has 1 unspecified atom stereocenters. The number of methoxy groups -OCH3 is 1. The zero-order valence-electron chi connectivity index (χ0n) is 16.6. The van der Waals surface area contributed by atoms with Gasteiger partial charge in [0.2, 0.25) is 0 Å². The van der Waals surface area contributed by atoms with E-state index < -0.39 is 6.04 Å². The number of nitrogens with zero attached hydrogens (tertiary/aromatic N) is 3. The molecule has 0 bridgehead atoms. The summed E-state index contributed by atoms with van der Waals surface area (Å²) >= 11 is 6.14. The fraction of sp³-hybridized carbons (Fsp3) is 0.286. The summed E-state index contributed by atoms with van der Waals surface area (Å²) in [5, 5.41) is 8.00. The average molecular weight is 415 g/mol. The number of benzene rings is 2. The summed E-state index contributed by atoms with van der Waals surface area (Å²) in [5.41, 5.74) is 2.18. The first-order chi connectivity index (χ1) is 14.0. The van der Waals surface area contributed by atoms with Crippen LogP contribution in [0.5, 0.6) is 11.5 Å². The van der Waals surface area contributed by atoms with E-state index in [4.69, 9.17) is 21.1 Å². The largest absolute Gasteiger partial charge is 0.497 e. The summed E-state index contributed by atoms with van der Waals surface area (Å²) in [6, 6.07) is 10.2. The lowest BCUT2D eigenvalue weighted by Crippen LogP contribution is -2.20. The monoisotopic (exact) mass is 414 g/mol. The van der Waals surface area contributed by atoms with Gasteiger partial charge in [0, 0.05) is 28.4 Å². The Morgan fingerprint density at radius 2 is 2.10 bits per heavy atom. The van der Waals surface area contributed by atoms with Gasteiger partial charge in [-0.05, 0) is 31.5 Å². The SMILES string of the molecule is CCCOc1cc(Cl)ccc1C(Nc1cc(OC)cc(-n2cncn2)c1)C(C)=O. The molecule has 8 heteroatoms. The van der Waals surface area contributed by atoms with E-state index in [0.717, 1.165) is 17.7 Å². The second kappa shape index (κ2) is 9.43. The van der Waals surface area contributed by atoms with Gasteiger partial charge in [0.05, 0.1) is 19.4 Å². The summed E-state index contributed by atoms with van der Waals surface area (Å²) in [6.45, 7) is 4.09. The van der Waals surface area contributed by atoms with Gasteiger partial charge in [-0.2, -0.15) is 5.10 Å². The molecule has 0 spiro atoms. The molecule has 0 radical (unpaired) electrons. The Labute approximate surface area is 174 Å². The van der Waals surface area contributed by atoms with Crippen LogP contribution in [0.1, 0.15) is 31.9 Å². The first-order valence-corrected chi connectivity index (χ1v) is 9.63. The Kier molecular flexibility index (Phi) is 6.72. The van der Waals surface area contributed by atoms with Gasteiger partial charge in [0.15, 0.2) is 5.78 Å². The highest BCUT2D eigenvalue weighted by atomic mass is 35.5. The van der Waals surface area contributed by atoms with E-state index in [1.807, 2.05) is 31.2 Å². The molecule has 0 aliphatic heterocycles. The molecular weight excluding hydrogens is 392 g/mol. The van der Waals surface area contributed by atoms with Crippen LogP contribution in [0.3, 0.4) is 0 Å². The number of Topliss-reactive ketones (excluding diaryl/α,β-unsaturated/α-hetero) is 1. The first-order valence-electron chi connectivity index (χ1n) is 9.25. The van der Waals surface area contributed by atoms with E-state index in [1.54, 1.807) is 30.3 Å². The molecule has 7 nitrogen and oxygen atoms in total. The lowest BCUT2D eigenvalue weighted by molar-refractivity contribution is -0.117. The smallest absolute Gasteiger partial charge is 0.156 e. The van der Waals surface area contributed by atoms with Crippen molar-refractivity contribution in [2.75, 3.05) is 19.0 Å². The number of anilines is 1. The standard InChI is InChI=1S/C21H23ClN4O3/c1-4-7-29-20-8-15(22)5-6-19(20)21(14(2)27)25-16-9-17(11-18(10-16)28-3)26-13-23-12-24-26/h5-6,8-13,21,25H,4,7H2,1-3H3. The van der Waals surface area contributed by atoms with Crippen LogP contribution in [0.25, 0.3) is 5.69 Å². The van der Waals surface area contributed by atoms with Crippen molar-refractivity contribution in [3.63, 3.8) is 0 Å². The number of hydrogen-bond donors (Lipinski definition) is 1. The number of carbonyl (C=O) groups is 1. The molecule has 1 heterocycles. The summed E-state index contributed by atoms with van der Waals surface area (Å²) in [6.07, 6.45) is 3.90. The van der Waals surface area contributed by atoms with E-state index in [0.29, 0.717) is 28.8 Å². The molecule has 152 valence electrons. The van der Waals surface area contributed by atoms with Gasteiger partial charge in [-0.15, -0.1) is 0 Å². The molecule has 0 saturated heterocycles. The molecule has 0 fully saturated rings. The maximum Gasteiger partial charge on any atom is 0.156 e. The third-order valence-electron chi connectivity index (χ3n) is 4.28. The number of aromatic nitrogens is 3. The topological polar surface area (TPSA) is 78.3 Å². The lowest BCUT2D eigenvalue weighted by Gasteiger charge is -2.22. The van der Waals surface area contributed by atoms with Gasteiger partial charge in [0.1, 0.15) is 30.2 Å². The fourth-order valence-electron chi connectivity index (χ4n) is 2.91. The minimum atomic E-state index is -0.616. The minimum Gasteiger partial charge on any atom is -0.497 e. The quantitative estimate of drug-likeness (QED) is 0.557. The van der Waals surface area contributed by atoms with Crippen molar-refractivity contribution in [2.24, 2.45) is 0 Å². The highest BCUT2D eigenvalue weighted by Crippen LogP contribution is 2.33. The predicted octanol–water partition coefficient (Wildman–Crippen LogP) is 4.46. The Morgan fingerprint density at radius 3 is 2.76 bits per heavy atom. The fourth-order valence-corrected chi connectivity index (χ4v) is 3.07. The Bertz CT molecular complexity index is 976. The third kappa shape index (κ3) is 5.06. The van der Waals surface area contributed by atoms with Crippen LogP contribution in [-0.2, 0) is 4.79 Å². The van der Waals surface area contributed by atoms with E-state index >= 15 is 0 Å². The number of carbonyl (C=O) groups excluding carboxylic acids is 1. The van der Waals surface area contributed by atoms with E-state index in [1.165, 1.54) is 13.3 Å². The van der Waals surface area contributed by atoms with Crippen LogP contribution in [0.4, 0.5) is 5.69 Å². The normalized spacial score (nSPS) is 11.7. The number of nitrogens with one attached hydrogen (secondary N) is 1. The Morgan fingerprint density at radius 1 is 1.28 bits per heavy atom. The number of halogens is 1. The van der Waals surface area contributed by atoms with Crippen molar-refractivity contribution < 1.29 is 14.3 Å². The molecule has 1 N–H and O–H groups in total. The zero-order chi connectivity index (χ0) is 20.8. The van der Waals surface area contributed by atoms with Crippen molar-refractivity contribution in [3.8, 4) is 17.2 Å². The molecule has 0 aliphatic rings. The van der Waals surface area contributed by atoms with Crippen molar-refractivity contribution in [1.29, 1.82) is 0 Å². The van der Waals surface area contributed by atoms with Crippen molar-refractivity contribution in [1.82, 2.24) is 14.8 Å². The van der Waals surface area contributed by atoms with Gasteiger partial charge in [-0.1, -0.05) is 24.6 Å². The summed E-state index contributed by atoms with van der Waals surface area (Å²) in [7, 11) is 1.59. The van der Waals surface area contributed by atoms with E-state index in [2.05, 4.69) is 15.4 Å². The first kappa shape index (κ1) is 20.7. The van der Waals surface area contributed by atoms with Crippen LogP contribution in [0, 0.1) is 0 Å². The Hall–Kier alpha value is -3.06. The molecule has 29 heavy (non-hydrogen) atoms. The van der Waals surface area contributed by atoms with Crippen LogP contribution in [0.15, 0.2) is 49.1 Å². The highest BCUT2D eigenvalue weighted by Gasteiger charge is 2.22. The minimum absolute atomic E-state index is 0.0567. The average Bonchev–Trinajstić information content (AvgIpc) is 3.25. The maximum atomic E-state index is 12.5. The predicted molar refractivity (Wildman–Crippen MR) is 112 cm³/mol. The van der Waals surface area contributed by atoms with Gasteiger partial charge in [-0.3, -0.25) is 4.79 Å². The molecule has 0 saturated carbocycles. The summed E-state index contributed by atoms with van der Waals surface area (Å²) < 4.78 is 12.9. The molecule has 3 aromatic rings. The Balaban J connectivity index is 1.98. The van der Waals surface area contributed by atoms with Gasteiger partial charge < -0.3 is 14.8 Å². The second-order valence-corrected chi connectivity index (χ2v) is 6.91. The number of ketones is 1. The van der Waals surface area contributed by atoms with Crippen LogP contribution in [-0.4, -0.2) is 34.3 Å². The summed E-state index contributed by atoms with van der Waals surface area (Å²) in [5.74, 6) is 1.16. The number of ether oxygens (including phenoxy) is 2. The van der Waals surface area contributed by atoms with Gasteiger partial charge in [0.25, 0.3) is 0 Å². The second-order valence-electron chi connectivity index (χ2n) is 6.48. The molecule has 0 amide bonds. The highest BCUT2D eigenvalue weighted by molar-refractivity contribution is 6.30. The summed E-state index contributed by atoms with van der Waals surface area (Å²) in [4.78, 5) is 16.5. The molecular formula is C21H23ClN4O3. The molecule has 0 aliphatic carbocycles. The number of hydrogen-bond acceptors (Lipinski definition) is 6. The van der Waals surface area contributed by atoms with Crippen molar-refractivity contribution in [3.05, 3.63) is 59.6 Å². The molecule has 3 rings (SSSR count). The molecule has 2 aromatic carbocycles. The third-order valence-corrected chi connectivity index (χ3v) is 4.51. The molecule has 1 aromatic heterocycles. The van der Waals surface area contributed by atoms with Crippen LogP contribution < -0.4 is 14.8 Å². The van der Waals surface area contributed by atoms with Crippen molar-refractivity contribution >= 4 is 23.1 Å². The van der Waals surface area contributed by atoms with Crippen LogP contribution >= 0.6 is 11.6 Å². The number of rotatable bonds is 9. The van der Waals surface area contributed by atoms with Gasteiger partial charge in [-0.25, -0.2) is 9.67 Å². The van der Waals surface area contributed by atoms with Crippen molar-refractivity contribution in [2.45, 2.75) is 26.3 Å². The van der Waals surface area contributed by atoms with E-state index in [-0.39, 0.29) is 5.78 Å². The maximum absolute atomic E-state index is 12.5. The molecule has 1 atom stereocenters. The zero-order valence-corrected chi connectivity index (χ0v) is 17.3. The van der Waals surface area contributed by atoms with E-state index in [9.17, 15) is 4.79 Å². The van der Waals surface area contributed by atoms with Crippen LogP contribution in [0.2, 0.25) is 5.02 Å². The van der Waals surface area contributed by atoms with Gasteiger partial charge >= 0.3 is 0 Å². The lowest BCUT2D eigenvalue weighted by atomic mass is 10.0.